The normalized spacial score (nSPS) is 16.1. The van der Waals surface area contributed by atoms with Crippen LogP contribution in [0.2, 0.25) is 0 Å². The molecule has 0 saturated heterocycles. The molecule has 9 nitrogen and oxygen atoms in total. The second-order valence-electron chi connectivity index (χ2n) is 8.16. The highest BCUT2D eigenvalue weighted by Crippen LogP contribution is 2.31. The van der Waals surface area contributed by atoms with Crippen molar-refractivity contribution in [2.45, 2.75) is 12.1 Å². The Morgan fingerprint density at radius 1 is 1.00 bits per heavy atom. The molecule has 2 N–H and O–H groups in total. The number of carbonyl (C=O) groups is 1. The van der Waals surface area contributed by atoms with Gasteiger partial charge in [0.1, 0.15) is 0 Å². The number of nitrogens with two attached hydrogens (primary N) is 1. The highest BCUT2D eigenvalue weighted by atomic mass is 19.4. The lowest BCUT2D eigenvalue weighted by Gasteiger charge is -2.15. The molecule has 186 valence electrons. The number of aliphatic imine (C=N–C) groups is 1. The molecule has 12 heteroatoms. The summed E-state index contributed by atoms with van der Waals surface area (Å²) >= 11 is 0. The number of benzene rings is 3. The number of tetrazole rings is 1. The molecule has 1 aliphatic heterocycles. The van der Waals surface area contributed by atoms with Crippen molar-refractivity contribution in [3.05, 3.63) is 107 Å². The number of halogens is 3. The van der Waals surface area contributed by atoms with Crippen LogP contribution in [0.15, 0.2) is 95.3 Å². The standard InChI is InChI=1S/C25H19F3N8O/c26-25(27,28)19-8-4-7-18(13-19)23(37)32-24(29)35-14-21(16-5-2-1-3-6-16)22(33-35)17-9-11-20(12-10-17)36-31-15-30-34-36/h1-13,15,21H,14H2,(H2,29,32,37). The van der Waals surface area contributed by atoms with Gasteiger partial charge in [0.25, 0.3) is 5.91 Å². The third kappa shape index (κ3) is 5.08. The summed E-state index contributed by atoms with van der Waals surface area (Å²) in [6, 6.07) is 21.0. The Morgan fingerprint density at radius 2 is 1.76 bits per heavy atom. The molecule has 1 atom stereocenters. The van der Waals surface area contributed by atoms with Crippen LogP contribution in [0.25, 0.3) is 5.69 Å². The van der Waals surface area contributed by atoms with Crippen molar-refractivity contribution in [1.82, 2.24) is 25.2 Å². The van der Waals surface area contributed by atoms with E-state index in [1.165, 1.54) is 22.2 Å². The summed E-state index contributed by atoms with van der Waals surface area (Å²) in [4.78, 5) is 17.8. The number of nitrogens with zero attached hydrogens (tertiary/aromatic N) is 7. The van der Waals surface area contributed by atoms with Crippen molar-refractivity contribution in [3.8, 4) is 5.69 Å². The first-order valence-corrected chi connectivity index (χ1v) is 11.1. The summed E-state index contributed by atoms with van der Waals surface area (Å²) in [5.74, 6) is -1.32. The minimum Gasteiger partial charge on any atom is -0.368 e. The van der Waals surface area contributed by atoms with E-state index in [9.17, 15) is 18.0 Å². The molecule has 1 amide bonds. The van der Waals surface area contributed by atoms with E-state index in [1.54, 1.807) is 0 Å². The highest BCUT2D eigenvalue weighted by Gasteiger charge is 2.32. The third-order valence-corrected chi connectivity index (χ3v) is 5.78. The number of rotatable bonds is 4. The van der Waals surface area contributed by atoms with Gasteiger partial charge in [-0.2, -0.15) is 23.3 Å². The molecule has 0 saturated carbocycles. The molecular formula is C25H19F3N8O. The van der Waals surface area contributed by atoms with Gasteiger partial charge in [0.2, 0.25) is 5.96 Å². The van der Waals surface area contributed by atoms with Gasteiger partial charge in [-0.05, 0) is 46.7 Å². The molecule has 0 radical (unpaired) electrons. The summed E-state index contributed by atoms with van der Waals surface area (Å²) < 4.78 is 39.1. The van der Waals surface area contributed by atoms with Crippen LogP contribution in [-0.2, 0) is 6.18 Å². The van der Waals surface area contributed by atoms with Crippen LogP contribution >= 0.6 is 0 Å². The smallest absolute Gasteiger partial charge is 0.368 e. The fraction of sp³-hybridized carbons (Fsp3) is 0.120. The largest absolute Gasteiger partial charge is 0.416 e. The van der Waals surface area contributed by atoms with Gasteiger partial charge in [-0.1, -0.05) is 48.5 Å². The molecule has 3 aromatic carbocycles. The molecule has 0 bridgehead atoms. The van der Waals surface area contributed by atoms with E-state index in [0.29, 0.717) is 11.4 Å². The van der Waals surface area contributed by atoms with Gasteiger partial charge in [0, 0.05) is 11.5 Å². The Kier molecular flexibility index (Phi) is 6.22. The van der Waals surface area contributed by atoms with Crippen LogP contribution in [0.3, 0.4) is 0 Å². The average Bonchev–Trinajstić information content (AvgIpc) is 3.60. The number of hydrazone groups is 1. The topological polar surface area (TPSA) is 115 Å². The molecule has 1 unspecified atom stereocenters. The van der Waals surface area contributed by atoms with Crippen LogP contribution in [-0.4, -0.2) is 49.3 Å². The Balaban J connectivity index is 1.45. The lowest BCUT2D eigenvalue weighted by molar-refractivity contribution is -0.137. The molecular weight excluding hydrogens is 485 g/mol. The zero-order valence-electron chi connectivity index (χ0n) is 19.1. The van der Waals surface area contributed by atoms with Gasteiger partial charge in [0.05, 0.1) is 23.5 Å². The van der Waals surface area contributed by atoms with Crippen LogP contribution in [0.5, 0.6) is 0 Å². The number of amides is 1. The quantitative estimate of drug-likeness (QED) is 0.335. The summed E-state index contributed by atoms with van der Waals surface area (Å²) in [6.07, 6.45) is -3.25. The van der Waals surface area contributed by atoms with Gasteiger partial charge in [-0.15, -0.1) is 15.0 Å². The first kappa shape index (κ1) is 23.9. The molecule has 37 heavy (non-hydrogen) atoms. The fourth-order valence-corrected chi connectivity index (χ4v) is 3.96. The van der Waals surface area contributed by atoms with Crippen LogP contribution in [0, 0.1) is 0 Å². The summed E-state index contributed by atoms with van der Waals surface area (Å²) in [7, 11) is 0. The Bertz CT molecular complexity index is 1470. The second-order valence-corrected chi connectivity index (χ2v) is 8.16. The average molecular weight is 504 g/mol. The predicted molar refractivity (Wildman–Crippen MR) is 129 cm³/mol. The van der Waals surface area contributed by atoms with E-state index in [-0.39, 0.29) is 24.0 Å². The van der Waals surface area contributed by atoms with Crippen molar-refractivity contribution in [1.29, 1.82) is 0 Å². The van der Waals surface area contributed by atoms with E-state index in [1.807, 2.05) is 54.6 Å². The number of aromatic nitrogens is 4. The van der Waals surface area contributed by atoms with E-state index in [2.05, 4.69) is 25.5 Å². The first-order valence-electron chi connectivity index (χ1n) is 11.1. The fourth-order valence-electron chi connectivity index (χ4n) is 3.96. The van der Waals surface area contributed by atoms with E-state index < -0.39 is 17.6 Å². The molecule has 4 aromatic rings. The maximum Gasteiger partial charge on any atom is 0.416 e. The van der Waals surface area contributed by atoms with Gasteiger partial charge in [-0.3, -0.25) is 4.79 Å². The lowest BCUT2D eigenvalue weighted by Crippen LogP contribution is -2.33. The Morgan fingerprint density at radius 3 is 2.43 bits per heavy atom. The maximum atomic E-state index is 13.0. The van der Waals surface area contributed by atoms with E-state index in [4.69, 9.17) is 5.73 Å². The number of guanidine groups is 1. The number of hydrogen-bond acceptors (Lipinski definition) is 5. The van der Waals surface area contributed by atoms with Gasteiger partial charge >= 0.3 is 6.18 Å². The van der Waals surface area contributed by atoms with Crippen LogP contribution in [0.1, 0.15) is 33.0 Å². The third-order valence-electron chi connectivity index (χ3n) is 5.78. The van der Waals surface area contributed by atoms with Gasteiger partial charge < -0.3 is 5.73 Å². The minimum atomic E-state index is -4.58. The van der Waals surface area contributed by atoms with E-state index >= 15 is 0 Å². The Labute approximate surface area is 208 Å². The number of alkyl halides is 3. The van der Waals surface area contributed by atoms with E-state index in [0.717, 1.165) is 29.3 Å². The van der Waals surface area contributed by atoms with Crippen molar-refractivity contribution in [2.75, 3.05) is 6.54 Å². The molecule has 1 aliphatic rings. The summed E-state index contributed by atoms with van der Waals surface area (Å²) in [5, 5.41) is 17.6. The van der Waals surface area contributed by atoms with Gasteiger partial charge in [-0.25, -0.2) is 5.01 Å². The molecule has 0 spiro atoms. The molecule has 2 heterocycles. The molecule has 5 rings (SSSR count). The highest BCUT2D eigenvalue weighted by molar-refractivity contribution is 6.08. The van der Waals surface area contributed by atoms with Crippen LogP contribution < -0.4 is 5.73 Å². The Hall–Kier alpha value is -4.87. The molecule has 0 fully saturated rings. The van der Waals surface area contributed by atoms with Crippen molar-refractivity contribution in [3.63, 3.8) is 0 Å². The first-order chi connectivity index (χ1) is 17.8. The summed E-state index contributed by atoms with van der Waals surface area (Å²) in [5.41, 5.74) is 8.12. The summed E-state index contributed by atoms with van der Waals surface area (Å²) in [6.45, 7) is 0.289. The molecule has 0 aliphatic carbocycles. The zero-order valence-corrected chi connectivity index (χ0v) is 19.1. The van der Waals surface area contributed by atoms with Crippen molar-refractivity contribution < 1.29 is 18.0 Å². The lowest BCUT2D eigenvalue weighted by atomic mass is 9.90. The van der Waals surface area contributed by atoms with Crippen molar-refractivity contribution in [2.24, 2.45) is 15.8 Å². The van der Waals surface area contributed by atoms with Crippen molar-refractivity contribution >= 4 is 17.6 Å². The van der Waals surface area contributed by atoms with Crippen LogP contribution in [0.4, 0.5) is 13.2 Å². The second kappa shape index (κ2) is 9.64. The zero-order chi connectivity index (χ0) is 26.0. The van der Waals surface area contributed by atoms with Gasteiger partial charge in [0.15, 0.2) is 6.33 Å². The minimum absolute atomic E-state index is 0.200. The molecule has 1 aromatic heterocycles. The number of hydrogen-bond donors (Lipinski definition) is 1. The number of carbonyl (C=O) groups excluding carboxylic acids is 1. The predicted octanol–water partition coefficient (Wildman–Crippen LogP) is 3.64. The monoisotopic (exact) mass is 504 g/mol. The SMILES string of the molecule is NC(=NC(=O)c1cccc(C(F)(F)F)c1)N1CC(c2ccccc2)C(c2ccc(-n3ncnn3)cc2)=N1. The maximum absolute atomic E-state index is 13.0.